The molecule has 96 valence electrons. The average Bonchev–Trinajstić information content (AvgIpc) is 2.16. The normalized spacial score (nSPS) is 24.4. The van der Waals surface area contributed by atoms with Gasteiger partial charge in [-0.3, -0.25) is 9.69 Å². The smallest absolute Gasteiger partial charge is 0.306 e. The first-order chi connectivity index (χ1) is 7.17. The molecule has 1 aliphatic heterocycles. The van der Waals surface area contributed by atoms with E-state index in [2.05, 4.69) is 39.6 Å². The van der Waals surface area contributed by atoms with Crippen LogP contribution < -0.4 is 0 Å². The molecule has 0 bridgehead atoms. The van der Waals surface area contributed by atoms with Gasteiger partial charge < -0.3 is 5.11 Å². The van der Waals surface area contributed by atoms with Gasteiger partial charge in [-0.15, -0.1) is 0 Å². The summed E-state index contributed by atoms with van der Waals surface area (Å²) in [4.78, 5) is 13.3. The van der Waals surface area contributed by atoms with Crippen LogP contribution in [0.25, 0.3) is 0 Å². The number of likely N-dealkylation sites (tertiary alicyclic amines) is 1. The first-order valence-electron chi connectivity index (χ1n) is 6.13. The molecule has 0 saturated carbocycles. The van der Waals surface area contributed by atoms with Crippen LogP contribution in [0.5, 0.6) is 0 Å². The van der Waals surface area contributed by atoms with Gasteiger partial charge in [0.25, 0.3) is 0 Å². The molecule has 1 fully saturated rings. The molecule has 0 aromatic rings. The van der Waals surface area contributed by atoms with Gasteiger partial charge in [0.15, 0.2) is 0 Å². The summed E-state index contributed by atoms with van der Waals surface area (Å²) in [6.07, 6.45) is 1.48. The highest BCUT2D eigenvalue weighted by Gasteiger charge is 2.45. The molecule has 1 N–H and O–H groups in total. The summed E-state index contributed by atoms with van der Waals surface area (Å²) in [5.74, 6) is -0.851. The van der Waals surface area contributed by atoms with E-state index in [1.165, 1.54) is 0 Å². The second-order valence-electron chi connectivity index (χ2n) is 5.63. The number of carboxylic acid groups (broad SMARTS) is 1. The molecule has 0 aromatic heterocycles. The fourth-order valence-corrected chi connectivity index (χ4v) is 2.55. The SMILES string of the molecule is CC.CN1C(C)(C)CC(C(=O)O)CC1(C)C. The lowest BCUT2D eigenvalue weighted by molar-refractivity contribution is -0.149. The van der Waals surface area contributed by atoms with Crippen LogP contribution in [0.2, 0.25) is 0 Å². The summed E-state index contributed by atoms with van der Waals surface area (Å²) in [6.45, 7) is 12.5. The molecule has 1 saturated heterocycles. The Morgan fingerprint density at radius 3 is 1.69 bits per heavy atom. The van der Waals surface area contributed by atoms with Crippen LogP contribution in [0.4, 0.5) is 0 Å². The minimum atomic E-state index is -0.653. The number of nitrogens with zero attached hydrogens (tertiary/aromatic N) is 1. The van der Waals surface area contributed by atoms with Crippen molar-refractivity contribution in [2.75, 3.05) is 7.05 Å². The maximum atomic E-state index is 11.0. The fourth-order valence-electron chi connectivity index (χ4n) is 2.55. The third-order valence-electron chi connectivity index (χ3n) is 3.66. The van der Waals surface area contributed by atoms with E-state index in [0.717, 1.165) is 12.8 Å². The molecule has 0 aliphatic carbocycles. The van der Waals surface area contributed by atoms with Crippen LogP contribution in [-0.2, 0) is 4.79 Å². The van der Waals surface area contributed by atoms with Gasteiger partial charge in [-0.2, -0.15) is 0 Å². The molecule has 1 rings (SSSR count). The Morgan fingerprint density at radius 2 is 1.44 bits per heavy atom. The molecule has 1 aliphatic rings. The Morgan fingerprint density at radius 1 is 1.12 bits per heavy atom. The summed E-state index contributed by atoms with van der Waals surface area (Å²) in [7, 11) is 2.08. The van der Waals surface area contributed by atoms with Crippen LogP contribution in [0, 0.1) is 5.92 Å². The zero-order chi connectivity index (χ0) is 13.1. The summed E-state index contributed by atoms with van der Waals surface area (Å²) in [6, 6.07) is 0. The zero-order valence-corrected chi connectivity index (χ0v) is 11.8. The lowest BCUT2D eigenvalue weighted by Crippen LogP contribution is -2.59. The van der Waals surface area contributed by atoms with Crippen molar-refractivity contribution in [3.63, 3.8) is 0 Å². The summed E-state index contributed by atoms with van der Waals surface area (Å²) >= 11 is 0. The number of hydrogen-bond donors (Lipinski definition) is 1. The molecule has 0 amide bonds. The van der Waals surface area contributed by atoms with Gasteiger partial charge in [0.1, 0.15) is 0 Å². The van der Waals surface area contributed by atoms with Crippen molar-refractivity contribution in [1.82, 2.24) is 4.90 Å². The molecule has 3 nitrogen and oxygen atoms in total. The van der Waals surface area contributed by atoms with Crippen LogP contribution >= 0.6 is 0 Å². The monoisotopic (exact) mass is 229 g/mol. The fraction of sp³-hybridized carbons (Fsp3) is 0.923. The second-order valence-corrected chi connectivity index (χ2v) is 5.63. The first-order valence-corrected chi connectivity index (χ1v) is 6.13. The van der Waals surface area contributed by atoms with Crippen LogP contribution in [-0.4, -0.2) is 34.1 Å². The molecule has 16 heavy (non-hydrogen) atoms. The van der Waals surface area contributed by atoms with Crippen molar-refractivity contribution in [3.8, 4) is 0 Å². The van der Waals surface area contributed by atoms with Crippen LogP contribution in [0.15, 0.2) is 0 Å². The van der Waals surface area contributed by atoms with E-state index < -0.39 is 5.97 Å². The quantitative estimate of drug-likeness (QED) is 0.751. The van der Waals surface area contributed by atoms with E-state index in [4.69, 9.17) is 5.11 Å². The zero-order valence-electron chi connectivity index (χ0n) is 11.8. The largest absolute Gasteiger partial charge is 0.481 e. The van der Waals surface area contributed by atoms with E-state index in [1.807, 2.05) is 13.8 Å². The third-order valence-corrected chi connectivity index (χ3v) is 3.66. The molecule has 1 heterocycles. The van der Waals surface area contributed by atoms with Gasteiger partial charge in [-0.05, 0) is 47.6 Å². The van der Waals surface area contributed by atoms with Crippen LogP contribution in [0.1, 0.15) is 54.4 Å². The van der Waals surface area contributed by atoms with Crippen molar-refractivity contribution in [2.45, 2.75) is 65.5 Å². The average molecular weight is 229 g/mol. The summed E-state index contributed by atoms with van der Waals surface area (Å²) in [5, 5.41) is 9.07. The third kappa shape index (κ3) is 3.21. The maximum Gasteiger partial charge on any atom is 0.306 e. The van der Waals surface area contributed by atoms with E-state index in [-0.39, 0.29) is 17.0 Å². The van der Waals surface area contributed by atoms with Gasteiger partial charge in [0, 0.05) is 11.1 Å². The predicted molar refractivity (Wildman–Crippen MR) is 67.6 cm³/mol. The lowest BCUT2D eigenvalue weighted by atomic mass is 9.74. The number of piperidine rings is 1. The number of hydrogen-bond acceptors (Lipinski definition) is 2. The van der Waals surface area contributed by atoms with E-state index in [0.29, 0.717) is 0 Å². The number of carboxylic acids is 1. The van der Waals surface area contributed by atoms with Crippen molar-refractivity contribution in [2.24, 2.45) is 5.92 Å². The van der Waals surface area contributed by atoms with Crippen LogP contribution in [0.3, 0.4) is 0 Å². The number of aliphatic carboxylic acids is 1. The summed E-state index contributed by atoms with van der Waals surface area (Å²) < 4.78 is 0. The van der Waals surface area contributed by atoms with E-state index in [1.54, 1.807) is 0 Å². The van der Waals surface area contributed by atoms with E-state index in [9.17, 15) is 4.79 Å². The van der Waals surface area contributed by atoms with Gasteiger partial charge >= 0.3 is 5.97 Å². The Labute approximate surface area is 99.8 Å². The van der Waals surface area contributed by atoms with Crippen molar-refractivity contribution < 1.29 is 9.90 Å². The molecule has 0 unspecified atom stereocenters. The first kappa shape index (κ1) is 15.4. The number of carbonyl (C=O) groups is 1. The van der Waals surface area contributed by atoms with Gasteiger partial charge in [-0.1, -0.05) is 13.8 Å². The highest BCUT2D eigenvalue weighted by Crippen LogP contribution is 2.39. The molecule has 3 heteroatoms. The predicted octanol–water partition coefficient (Wildman–Crippen LogP) is 3.00. The standard InChI is InChI=1S/C11H21NO2.C2H6/c1-10(2)6-8(9(13)14)7-11(3,4)12(10)5;1-2/h8H,6-7H2,1-5H3,(H,13,14);1-2H3. The molecule has 0 spiro atoms. The lowest BCUT2D eigenvalue weighted by Gasteiger charge is -2.52. The number of rotatable bonds is 1. The van der Waals surface area contributed by atoms with Gasteiger partial charge in [0.2, 0.25) is 0 Å². The molecule has 0 radical (unpaired) electrons. The van der Waals surface area contributed by atoms with E-state index >= 15 is 0 Å². The summed E-state index contributed by atoms with van der Waals surface area (Å²) in [5.41, 5.74) is -0.0460. The Kier molecular flexibility index (Phi) is 4.99. The Balaban J connectivity index is 0.00000106. The van der Waals surface area contributed by atoms with Crippen molar-refractivity contribution in [3.05, 3.63) is 0 Å². The minimum absolute atomic E-state index is 0.0230. The highest BCUT2D eigenvalue weighted by molar-refractivity contribution is 5.70. The molecule has 0 atom stereocenters. The molecular formula is C13H27NO2. The van der Waals surface area contributed by atoms with Gasteiger partial charge in [-0.25, -0.2) is 0 Å². The Hall–Kier alpha value is -0.570. The Bertz CT molecular complexity index is 228. The highest BCUT2D eigenvalue weighted by atomic mass is 16.4. The maximum absolute atomic E-state index is 11.0. The van der Waals surface area contributed by atoms with Crippen molar-refractivity contribution in [1.29, 1.82) is 0 Å². The second kappa shape index (κ2) is 5.17. The van der Waals surface area contributed by atoms with Crippen molar-refractivity contribution >= 4 is 5.97 Å². The molecule has 0 aromatic carbocycles. The van der Waals surface area contributed by atoms with Gasteiger partial charge in [0.05, 0.1) is 5.92 Å². The minimum Gasteiger partial charge on any atom is -0.481 e. The molecular weight excluding hydrogens is 202 g/mol. The topological polar surface area (TPSA) is 40.5 Å².